The molecule has 2 fully saturated rings. The fourth-order valence-corrected chi connectivity index (χ4v) is 5.30. The minimum Gasteiger partial charge on any atom is -0.496 e. The van der Waals surface area contributed by atoms with E-state index in [4.69, 9.17) is 9.72 Å². The van der Waals surface area contributed by atoms with Gasteiger partial charge in [-0.25, -0.2) is 9.97 Å². The molecule has 1 N–H and O–H groups in total. The summed E-state index contributed by atoms with van der Waals surface area (Å²) in [4.78, 5) is 24.9. The molecule has 2 aromatic carbocycles. The standard InChI is InChI=1S/C27H33N5O2/c1-34-24-12-7-21-19-28-27(30-26(21)25(24)20-5-2-3-6-20)29-22-8-10-23(11-9-22)32-16-14-31(15-17-32)13-4-18-33/h7-12,18-20H,2-6,13-17H2,1H3,(H,28,29,30). The van der Waals surface area contributed by atoms with E-state index in [1.54, 1.807) is 7.11 Å². The van der Waals surface area contributed by atoms with Crippen molar-refractivity contribution >= 4 is 34.5 Å². The van der Waals surface area contributed by atoms with E-state index < -0.39 is 0 Å². The van der Waals surface area contributed by atoms with E-state index in [0.29, 0.717) is 18.3 Å². The molecular formula is C27H33N5O2. The van der Waals surface area contributed by atoms with E-state index in [-0.39, 0.29) is 0 Å². The molecule has 0 bridgehead atoms. The van der Waals surface area contributed by atoms with Crippen LogP contribution in [0.4, 0.5) is 17.3 Å². The van der Waals surface area contributed by atoms with Crippen LogP contribution in [0.5, 0.6) is 5.75 Å². The van der Waals surface area contributed by atoms with Gasteiger partial charge in [0, 0.05) is 67.7 Å². The number of aldehydes is 1. The monoisotopic (exact) mass is 459 g/mol. The molecule has 0 amide bonds. The third-order valence-electron chi connectivity index (χ3n) is 7.16. The predicted molar refractivity (Wildman–Crippen MR) is 136 cm³/mol. The van der Waals surface area contributed by atoms with Crippen molar-refractivity contribution in [3.8, 4) is 5.75 Å². The van der Waals surface area contributed by atoms with Crippen LogP contribution in [0, 0.1) is 0 Å². The Hall–Kier alpha value is -3.19. The van der Waals surface area contributed by atoms with Crippen molar-refractivity contribution in [2.24, 2.45) is 0 Å². The number of hydrogen-bond acceptors (Lipinski definition) is 7. The minimum atomic E-state index is 0.500. The fourth-order valence-electron chi connectivity index (χ4n) is 5.30. The molecule has 7 heteroatoms. The van der Waals surface area contributed by atoms with E-state index in [2.05, 4.69) is 44.4 Å². The van der Waals surface area contributed by atoms with Gasteiger partial charge in [-0.1, -0.05) is 12.8 Å². The second kappa shape index (κ2) is 10.4. The lowest BCUT2D eigenvalue weighted by Crippen LogP contribution is -2.46. The zero-order valence-electron chi connectivity index (χ0n) is 19.9. The number of piperazine rings is 1. The highest BCUT2D eigenvalue weighted by atomic mass is 16.5. The van der Waals surface area contributed by atoms with Gasteiger partial charge in [0.2, 0.25) is 5.95 Å². The number of hydrogen-bond donors (Lipinski definition) is 1. The van der Waals surface area contributed by atoms with Gasteiger partial charge < -0.3 is 19.7 Å². The summed E-state index contributed by atoms with van der Waals surface area (Å²) in [6.07, 6.45) is 8.43. The lowest BCUT2D eigenvalue weighted by Gasteiger charge is -2.35. The van der Waals surface area contributed by atoms with E-state index in [1.807, 2.05) is 18.3 Å². The molecule has 2 heterocycles. The molecule has 0 radical (unpaired) electrons. The third kappa shape index (κ3) is 4.85. The highest BCUT2D eigenvalue weighted by Gasteiger charge is 2.24. The molecule has 5 rings (SSSR count). The average Bonchev–Trinajstić information content (AvgIpc) is 3.42. The number of methoxy groups -OCH3 is 1. The molecule has 178 valence electrons. The summed E-state index contributed by atoms with van der Waals surface area (Å²) in [5.41, 5.74) is 4.41. The Balaban J connectivity index is 1.30. The number of carbonyl (C=O) groups excluding carboxylic acids is 1. The van der Waals surface area contributed by atoms with Crippen molar-refractivity contribution in [3.63, 3.8) is 0 Å². The van der Waals surface area contributed by atoms with Crippen molar-refractivity contribution in [3.05, 3.63) is 48.2 Å². The van der Waals surface area contributed by atoms with Gasteiger partial charge in [-0.2, -0.15) is 0 Å². The van der Waals surface area contributed by atoms with Crippen LogP contribution in [0.2, 0.25) is 0 Å². The maximum Gasteiger partial charge on any atom is 0.227 e. The van der Waals surface area contributed by atoms with Gasteiger partial charge >= 0.3 is 0 Å². The van der Waals surface area contributed by atoms with Gasteiger partial charge in [-0.3, -0.25) is 4.90 Å². The highest BCUT2D eigenvalue weighted by molar-refractivity contribution is 5.85. The number of fused-ring (bicyclic) bond motifs is 1. The summed E-state index contributed by atoms with van der Waals surface area (Å²) in [7, 11) is 1.74. The Morgan fingerprint density at radius 2 is 1.82 bits per heavy atom. The summed E-state index contributed by atoms with van der Waals surface area (Å²) < 4.78 is 5.72. The van der Waals surface area contributed by atoms with Crippen molar-refractivity contribution in [2.45, 2.75) is 38.0 Å². The topological polar surface area (TPSA) is 70.6 Å². The first-order valence-electron chi connectivity index (χ1n) is 12.4. The largest absolute Gasteiger partial charge is 0.496 e. The molecule has 2 aliphatic rings. The first-order chi connectivity index (χ1) is 16.7. The second-order valence-electron chi connectivity index (χ2n) is 9.25. The molecule has 1 aliphatic heterocycles. The van der Waals surface area contributed by atoms with Crippen LogP contribution in [-0.2, 0) is 4.79 Å². The van der Waals surface area contributed by atoms with E-state index in [0.717, 1.165) is 61.3 Å². The van der Waals surface area contributed by atoms with Crippen molar-refractivity contribution in [1.29, 1.82) is 0 Å². The van der Waals surface area contributed by atoms with Gasteiger partial charge in [0.15, 0.2) is 0 Å². The van der Waals surface area contributed by atoms with Crippen LogP contribution < -0.4 is 15.0 Å². The number of anilines is 3. The van der Waals surface area contributed by atoms with Gasteiger partial charge in [0.1, 0.15) is 12.0 Å². The normalized spacial score (nSPS) is 17.3. The fraction of sp³-hybridized carbons (Fsp3) is 0.444. The minimum absolute atomic E-state index is 0.500. The molecule has 7 nitrogen and oxygen atoms in total. The van der Waals surface area contributed by atoms with Crippen LogP contribution in [-0.4, -0.2) is 61.0 Å². The van der Waals surface area contributed by atoms with Crippen LogP contribution in [0.15, 0.2) is 42.6 Å². The zero-order valence-corrected chi connectivity index (χ0v) is 19.9. The molecule has 0 unspecified atom stereocenters. The summed E-state index contributed by atoms with van der Waals surface area (Å²) in [5.74, 6) is 2.04. The summed E-state index contributed by atoms with van der Waals surface area (Å²) in [6.45, 7) is 4.80. The lowest BCUT2D eigenvalue weighted by molar-refractivity contribution is -0.108. The molecule has 0 atom stereocenters. The summed E-state index contributed by atoms with van der Waals surface area (Å²) in [6, 6.07) is 12.6. The molecule has 1 saturated carbocycles. The predicted octanol–water partition coefficient (Wildman–Crippen LogP) is 4.75. The average molecular weight is 460 g/mol. The Morgan fingerprint density at radius 1 is 1.06 bits per heavy atom. The zero-order chi connectivity index (χ0) is 23.3. The summed E-state index contributed by atoms with van der Waals surface area (Å²) in [5, 5.41) is 4.44. The number of nitrogens with one attached hydrogen (secondary N) is 1. The smallest absolute Gasteiger partial charge is 0.227 e. The van der Waals surface area contributed by atoms with Crippen molar-refractivity contribution in [1.82, 2.24) is 14.9 Å². The Kier molecular flexibility index (Phi) is 6.90. The Labute approximate surface area is 201 Å². The number of ether oxygens (including phenoxy) is 1. The molecule has 1 aromatic heterocycles. The number of carbonyl (C=O) groups is 1. The van der Waals surface area contributed by atoms with Gasteiger partial charge in [0.05, 0.1) is 12.6 Å². The molecular weight excluding hydrogens is 426 g/mol. The number of aromatic nitrogens is 2. The molecule has 0 spiro atoms. The Morgan fingerprint density at radius 3 is 2.53 bits per heavy atom. The Bertz CT molecular complexity index is 1120. The molecule has 3 aromatic rings. The number of benzene rings is 2. The quantitative estimate of drug-likeness (QED) is 0.488. The van der Waals surface area contributed by atoms with E-state index >= 15 is 0 Å². The van der Waals surface area contributed by atoms with Crippen molar-refractivity contribution < 1.29 is 9.53 Å². The van der Waals surface area contributed by atoms with E-state index in [9.17, 15) is 4.79 Å². The highest BCUT2D eigenvalue weighted by Crippen LogP contribution is 2.42. The van der Waals surface area contributed by atoms with Gasteiger partial charge in [-0.15, -0.1) is 0 Å². The van der Waals surface area contributed by atoms with Crippen LogP contribution in [0.25, 0.3) is 10.9 Å². The van der Waals surface area contributed by atoms with Gasteiger partial charge in [0.25, 0.3) is 0 Å². The van der Waals surface area contributed by atoms with Crippen molar-refractivity contribution in [2.75, 3.05) is 50.1 Å². The third-order valence-corrected chi connectivity index (χ3v) is 7.16. The maximum atomic E-state index is 10.6. The maximum absolute atomic E-state index is 10.6. The molecule has 1 saturated heterocycles. The molecule has 1 aliphatic carbocycles. The molecule has 34 heavy (non-hydrogen) atoms. The van der Waals surface area contributed by atoms with Crippen LogP contribution in [0.1, 0.15) is 43.6 Å². The second-order valence-corrected chi connectivity index (χ2v) is 9.25. The van der Waals surface area contributed by atoms with Gasteiger partial charge in [-0.05, 0) is 55.2 Å². The first-order valence-corrected chi connectivity index (χ1v) is 12.4. The van der Waals surface area contributed by atoms with Crippen LogP contribution >= 0.6 is 0 Å². The SMILES string of the molecule is COc1ccc2cnc(Nc3ccc(N4CCN(CCC=O)CC4)cc3)nc2c1C1CCCC1. The van der Waals surface area contributed by atoms with Crippen LogP contribution in [0.3, 0.4) is 0 Å². The van der Waals surface area contributed by atoms with E-state index in [1.165, 1.54) is 36.9 Å². The number of rotatable bonds is 8. The first kappa shape index (κ1) is 22.6. The lowest BCUT2D eigenvalue weighted by atomic mass is 9.94. The summed E-state index contributed by atoms with van der Waals surface area (Å²) >= 11 is 0. The number of nitrogens with zero attached hydrogens (tertiary/aromatic N) is 4.